The number of aromatic nitrogens is 2. The topological polar surface area (TPSA) is 29.0 Å². The second-order valence-electron chi connectivity index (χ2n) is 4.94. The fourth-order valence-corrected chi connectivity index (χ4v) is 3.20. The minimum Gasteiger partial charge on any atom is -0.370 e. The van der Waals surface area contributed by atoms with Crippen LogP contribution in [0.4, 0.5) is 5.69 Å². The van der Waals surface area contributed by atoms with Crippen molar-refractivity contribution in [2.45, 2.75) is 12.8 Å². The standard InChI is InChI=1S/C14H15BrClN3/c15-11-7-12-14(18-9-11)13(1-4-17-12)19-5-2-10(8-16)3-6-19/h1,4,7,9-10H,2-3,5-6,8H2. The zero-order valence-corrected chi connectivity index (χ0v) is 12.9. The molecule has 0 saturated carbocycles. The number of hydrogen-bond donors (Lipinski definition) is 0. The average Bonchev–Trinajstić information content (AvgIpc) is 2.46. The van der Waals surface area contributed by atoms with Crippen LogP contribution in [0.5, 0.6) is 0 Å². The molecule has 3 heterocycles. The molecule has 0 aliphatic carbocycles. The lowest BCUT2D eigenvalue weighted by molar-refractivity contribution is 0.443. The first-order chi connectivity index (χ1) is 9.28. The molecule has 1 fully saturated rings. The summed E-state index contributed by atoms with van der Waals surface area (Å²) >= 11 is 9.38. The van der Waals surface area contributed by atoms with Crippen LogP contribution in [0, 0.1) is 5.92 Å². The summed E-state index contributed by atoms with van der Waals surface area (Å²) in [5.74, 6) is 1.43. The summed E-state index contributed by atoms with van der Waals surface area (Å²) in [5, 5.41) is 0. The van der Waals surface area contributed by atoms with Gasteiger partial charge in [0.05, 0.1) is 11.2 Å². The molecule has 0 aromatic carbocycles. The molecule has 3 rings (SSSR count). The summed E-state index contributed by atoms with van der Waals surface area (Å²) in [5.41, 5.74) is 3.10. The number of halogens is 2. The van der Waals surface area contributed by atoms with Gasteiger partial charge in [-0.15, -0.1) is 11.6 Å². The quantitative estimate of drug-likeness (QED) is 0.778. The van der Waals surface area contributed by atoms with E-state index in [4.69, 9.17) is 11.6 Å². The second kappa shape index (κ2) is 5.63. The average molecular weight is 341 g/mol. The van der Waals surface area contributed by atoms with E-state index in [2.05, 4.69) is 36.9 Å². The Morgan fingerprint density at radius 3 is 2.84 bits per heavy atom. The van der Waals surface area contributed by atoms with E-state index in [1.807, 2.05) is 18.5 Å². The van der Waals surface area contributed by atoms with E-state index < -0.39 is 0 Å². The third-order valence-electron chi connectivity index (χ3n) is 3.70. The Morgan fingerprint density at radius 1 is 1.32 bits per heavy atom. The number of nitrogens with zero attached hydrogens (tertiary/aromatic N) is 3. The highest BCUT2D eigenvalue weighted by atomic mass is 79.9. The van der Waals surface area contributed by atoms with Crippen molar-refractivity contribution in [1.29, 1.82) is 0 Å². The zero-order valence-electron chi connectivity index (χ0n) is 10.5. The van der Waals surface area contributed by atoms with E-state index in [1.165, 1.54) is 5.69 Å². The summed E-state index contributed by atoms with van der Waals surface area (Å²) in [6.07, 6.45) is 6.01. The van der Waals surface area contributed by atoms with Crippen LogP contribution in [0.2, 0.25) is 0 Å². The number of piperidine rings is 1. The normalized spacial score (nSPS) is 17.1. The molecule has 1 aliphatic rings. The maximum Gasteiger partial charge on any atom is 0.112 e. The van der Waals surface area contributed by atoms with Gasteiger partial charge in [-0.1, -0.05) is 0 Å². The van der Waals surface area contributed by atoms with E-state index in [0.29, 0.717) is 5.92 Å². The molecule has 19 heavy (non-hydrogen) atoms. The van der Waals surface area contributed by atoms with E-state index >= 15 is 0 Å². The zero-order chi connectivity index (χ0) is 13.2. The Bertz CT molecular complexity index is 582. The number of alkyl halides is 1. The van der Waals surface area contributed by atoms with Crippen molar-refractivity contribution in [2.75, 3.05) is 23.9 Å². The first-order valence-electron chi connectivity index (χ1n) is 6.49. The molecule has 2 aromatic heterocycles. The summed E-state index contributed by atoms with van der Waals surface area (Å²) in [7, 11) is 0. The lowest BCUT2D eigenvalue weighted by Gasteiger charge is -2.33. The predicted octanol–water partition coefficient (Wildman–Crippen LogP) is 3.85. The number of anilines is 1. The van der Waals surface area contributed by atoms with Crippen LogP contribution in [0.3, 0.4) is 0 Å². The Hall–Kier alpha value is -0.870. The largest absolute Gasteiger partial charge is 0.370 e. The second-order valence-corrected chi connectivity index (χ2v) is 6.16. The molecule has 100 valence electrons. The molecule has 0 unspecified atom stereocenters. The van der Waals surface area contributed by atoms with E-state index in [1.54, 1.807) is 0 Å². The number of fused-ring (bicyclic) bond motifs is 1. The van der Waals surface area contributed by atoms with Crippen molar-refractivity contribution in [3.63, 3.8) is 0 Å². The Kier molecular flexibility index (Phi) is 3.89. The first kappa shape index (κ1) is 13.1. The lowest BCUT2D eigenvalue weighted by atomic mass is 9.98. The van der Waals surface area contributed by atoms with E-state index in [9.17, 15) is 0 Å². The van der Waals surface area contributed by atoms with Gasteiger partial charge in [-0.05, 0) is 46.8 Å². The Labute approximate surface area is 126 Å². The van der Waals surface area contributed by atoms with Crippen LogP contribution in [0.25, 0.3) is 11.0 Å². The smallest absolute Gasteiger partial charge is 0.112 e. The minimum atomic E-state index is 0.660. The fourth-order valence-electron chi connectivity index (χ4n) is 2.57. The highest BCUT2D eigenvalue weighted by Gasteiger charge is 2.20. The van der Waals surface area contributed by atoms with Crippen LogP contribution in [0.15, 0.2) is 29.0 Å². The van der Waals surface area contributed by atoms with Crippen molar-refractivity contribution < 1.29 is 0 Å². The maximum absolute atomic E-state index is 5.94. The number of rotatable bonds is 2. The van der Waals surface area contributed by atoms with Crippen LogP contribution >= 0.6 is 27.5 Å². The third-order valence-corrected chi connectivity index (χ3v) is 4.57. The SMILES string of the molecule is ClCC1CCN(c2ccnc3cc(Br)cnc23)CC1. The van der Waals surface area contributed by atoms with Gasteiger partial charge in [-0.3, -0.25) is 9.97 Å². The summed E-state index contributed by atoms with van der Waals surface area (Å²) in [4.78, 5) is 11.3. The van der Waals surface area contributed by atoms with E-state index in [0.717, 1.165) is 47.3 Å². The molecule has 1 saturated heterocycles. The van der Waals surface area contributed by atoms with Crippen molar-refractivity contribution in [3.05, 3.63) is 29.0 Å². The van der Waals surface area contributed by atoms with Crippen molar-refractivity contribution in [3.8, 4) is 0 Å². The molecule has 0 spiro atoms. The third kappa shape index (κ3) is 2.70. The van der Waals surface area contributed by atoms with Gasteiger partial charge in [-0.25, -0.2) is 0 Å². The molecule has 3 nitrogen and oxygen atoms in total. The minimum absolute atomic E-state index is 0.660. The van der Waals surface area contributed by atoms with Crippen molar-refractivity contribution in [1.82, 2.24) is 9.97 Å². The van der Waals surface area contributed by atoms with Crippen LogP contribution in [-0.2, 0) is 0 Å². The van der Waals surface area contributed by atoms with Gasteiger partial charge in [-0.2, -0.15) is 0 Å². The van der Waals surface area contributed by atoms with E-state index in [-0.39, 0.29) is 0 Å². The number of pyridine rings is 2. The maximum atomic E-state index is 5.94. The van der Waals surface area contributed by atoms with Crippen LogP contribution in [-0.4, -0.2) is 28.9 Å². The lowest BCUT2D eigenvalue weighted by Crippen LogP contribution is -2.34. The Morgan fingerprint density at radius 2 is 2.11 bits per heavy atom. The van der Waals surface area contributed by atoms with Crippen LogP contribution < -0.4 is 4.90 Å². The van der Waals surface area contributed by atoms with Gasteiger partial charge in [0.15, 0.2) is 0 Å². The number of hydrogen-bond acceptors (Lipinski definition) is 3. The molecule has 0 bridgehead atoms. The highest BCUT2D eigenvalue weighted by Crippen LogP contribution is 2.29. The summed E-state index contributed by atoms with van der Waals surface area (Å²) in [6, 6.07) is 4.07. The predicted molar refractivity (Wildman–Crippen MR) is 82.9 cm³/mol. The summed E-state index contributed by atoms with van der Waals surface area (Å²) in [6.45, 7) is 2.10. The molecule has 0 radical (unpaired) electrons. The summed E-state index contributed by atoms with van der Waals surface area (Å²) < 4.78 is 0.963. The molecule has 0 amide bonds. The molecule has 0 N–H and O–H groups in total. The van der Waals surface area contributed by atoms with Gasteiger partial charge in [0, 0.05) is 35.8 Å². The monoisotopic (exact) mass is 339 g/mol. The Balaban J connectivity index is 1.93. The van der Waals surface area contributed by atoms with Gasteiger partial charge in [0.25, 0.3) is 0 Å². The first-order valence-corrected chi connectivity index (χ1v) is 7.82. The highest BCUT2D eigenvalue weighted by molar-refractivity contribution is 9.10. The van der Waals surface area contributed by atoms with Gasteiger partial charge in [0.2, 0.25) is 0 Å². The van der Waals surface area contributed by atoms with Gasteiger partial charge >= 0.3 is 0 Å². The van der Waals surface area contributed by atoms with Crippen molar-refractivity contribution >= 4 is 44.3 Å². The van der Waals surface area contributed by atoms with Crippen LogP contribution in [0.1, 0.15) is 12.8 Å². The molecule has 2 aromatic rings. The van der Waals surface area contributed by atoms with Crippen molar-refractivity contribution in [2.24, 2.45) is 5.92 Å². The molecular formula is C14H15BrClN3. The molecule has 5 heteroatoms. The fraction of sp³-hybridized carbons (Fsp3) is 0.429. The van der Waals surface area contributed by atoms with Gasteiger partial charge in [0.1, 0.15) is 5.52 Å². The molecule has 1 aliphatic heterocycles. The van der Waals surface area contributed by atoms with Gasteiger partial charge < -0.3 is 4.90 Å². The molecular weight excluding hydrogens is 326 g/mol. The molecule has 0 atom stereocenters.